The van der Waals surface area contributed by atoms with Gasteiger partial charge in [0.15, 0.2) is 6.61 Å². The van der Waals surface area contributed by atoms with Gasteiger partial charge in [0.05, 0.1) is 5.69 Å². The third-order valence-electron chi connectivity index (χ3n) is 2.82. The molecule has 0 bridgehead atoms. The molecule has 0 aromatic heterocycles. The van der Waals surface area contributed by atoms with E-state index in [1.54, 1.807) is 0 Å². The van der Waals surface area contributed by atoms with Crippen molar-refractivity contribution in [2.75, 3.05) is 31.6 Å². The summed E-state index contributed by atoms with van der Waals surface area (Å²) in [7, 11) is 0. The lowest BCUT2D eigenvalue weighted by atomic mass is 10.1. The normalized spacial score (nSPS) is 13.7. The van der Waals surface area contributed by atoms with Gasteiger partial charge in [-0.3, -0.25) is 4.79 Å². The van der Waals surface area contributed by atoms with E-state index in [0.29, 0.717) is 0 Å². The summed E-state index contributed by atoms with van der Waals surface area (Å²) in [5, 5.41) is 6.14. The van der Waals surface area contributed by atoms with E-state index in [1.807, 2.05) is 18.2 Å². The molecule has 4 N–H and O–H groups in total. The topological polar surface area (TPSA) is 76.4 Å². The maximum absolute atomic E-state index is 11.2. The number of carbonyl (C=O) groups is 1. The Labute approximate surface area is 107 Å². The Kier molecular flexibility index (Phi) is 4.55. The Bertz CT molecular complexity index is 421. The van der Waals surface area contributed by atoms with Crippen molar-refractivity contribution in [1.29, 1.82) is 0 Å². The summed E-state index contributed by atoms with van der Waals surface area (Å²) in [6.45, 7) is 2.68. The van der Waals surface area contributed by atoms with Crippen molar-refractivity contribution >= 4 is 11.6 Å². The van der Waals surface area contributed by atoms with Gasteiger partial charge in [0.25, 0.3) is 5.91 Å². The first-order chi connectivity index (χ1) is 8.79. The van der Waals surface area contributed by atoms with Crippen LogP contribution in [0, 0.1) is 0 Å². The lowest BCUT2D eigenvalue weighted by Gasteiger charge is -2.18. The molecule has 1 aliphatic heterocycles. The zero-order chi connectivity index (χ0) is 12.8. The first kappa shape index (κ1) is 12.9. The van der Waals surface area contributed by atoms with Crippen molar-refractivity contribution in [2.45, 2.75) is 12.8 Å². The molecule has 1 heterocycles. The monoisotopic (exact) mass is 249 g/mol. The third kappa shape index (κ3) is 3.45. The van der Waals surface area contributed by atoms with Crippen molar-refractivity contribution in [3.63, 3.8) is 0 Å². The van der Waals surface area contributed by atoms with Gasteiger partial charge in [-0.1, -0.05) is 6.07 Å². The van der Waals surface area contributed by atoms with Gasteiger partial charge in [-0.2, -0.15) is 0 Å². The van der Waals surface area contributed by atoms with Gasteiger partial charge in [0.2, 0.25) is 0 Å². The minimum absolute atomic E-state index is 0.0966. The van der Waals surface area contributed by atoms with Crippen LogP contribution >= 0.6 is 0 Å². The van der Waals surface area contributed by atoms with Crippen LogP contribution in [0.25, 0.3) is 0 Å². The molecular formula is C13H19N3O2. The molecule has 1 amide bonds. The molecule has 0 unspecified atom stereocenters. The van der Waals surface area contributed by atoms with E-state index in [-0.39, 0.29) is 12.5 Å². The van der Waals surface area contributed by atoms with Gasteiger partial charge in [-0.15, -0.1) is 0 Å². The Morgan fingerprint density at radius 3 is 3.11 bits per heavy atom. The highest BCUT2D eigenvalue weighted by molar-refractivity contribution is 5.95. The minimum atomic E-state index is -0.0966. The van der Waals surface area contributed by atoms with Crippen LogP contribution in [0.4, 0.5) is 5.69 Å². The van der Waals surface area contributed by atoms with Crippen LogP contribution in [0.2, 0.25) is 0 Å². The Morgan fingerprint density at radius 2 is 2.28 bits per heavy atom. The summed E-state index contributed by atoms with van der Waals surface area (Å²) < 4.78 is 5.31. The fourth-order valence-corrected chi connectivity index (χ4v) is 1.87. The molecule has 5 heteroatoms. The molecule has 0 fully saturated rings. The molecule has 1 aliphatic rings. The predicted octanol–water partition coefficient (Wildman–Crippen LogP) is 0.498. The van der Waals surface area contributed by atoms with Crippen LogP contribution in [0.5, 0.6) is 5.75 Å². The van der Waals surface area contributed by atoms with Crippen LogP contribution in [-0.2, 0) is 11.2 Å². The lowest BCUT2D eigenvalue weighted by Crippen LogP contribution is -2.25. The average molecular weight is 249 g/mol. The molecule has 0 saturated carbocycles. The van der Waals surface area contributed by atoms with E-state index in [2.05, 4.69) is 10.6 Å². The Hall–Kier alpha value is -1.59. The molecule has 18 heavy (non-hydrogen) atoms. The second-order valence-electron chi connectivity index (χ2n) is 4.31. The number of rotatable bonds is 6. The molecular weight excluding hydrogens is 230 g/mol. The quantitative estimate of drug-likeness (QED) is 0.642. The summed E-state index contributed by atoms with van der Waals surface area (Å²) in [5.74, 6) is 0.648. The summed E-state index contributed by atoms with van der Waals surface area (Å²) in [4.78, 5) is 11.2. The van der Waals surface area contributed by atoms with E-state index >= 15 is 0 Å². The highest BCUT2D eigenvalue weighted by Crippen LogP contribution is 2.28. The molecule has 0 spiro atoms. The second-order valence-corrected chi connectivity index (χ2v) is 4.31. The molecule has 2 rings (SSSR count). The number of ether oxygens (including phenoxy) is 1. The van der Waals surface area contributed by atoms with Crippen molar-refractivity contribution in [3.05, 3.63) is 23.8 Å². The highest BCUT2D eigenvalue weighted by atomic mass is 16.5. The second kappa shape index (κ2) is 6.37. The maximum atomic E-state index is 11.2. The van der Waals surface area contributed by atoms with Gasteiger partial charge in [0.1, 0.15) is 5.75 Å². The number of nitrogens with two attached hydrogens (primary N) is 1. The number of hydrogen-bond donors (Lipinski definition) is 3. The number of carbonyl (C=O) groups excluding carboxylic acids is 1. The zero-order valence-corrected chi connectivity index (χ0v) is 10.4. The standard InChI is InChI=1S/C13H19N3O2/c14-5-1-6-15-7-4-10-2-3-12-11(8-10)16-13(17)9-18-12/h2-3,8,15H,1,4-7,9,14H2,(H,16,17). The number of amides is 1. The zero-order valence-electron chi connectivity index (χ0n) is 10.4. The number of hydrogen-bond acceptors (Lipinski definition) is 4. The van der Waals surface area contributed by atoms with E-state index in [4.69, 9.17) is 10.5 Å². The maximum Gasteiger partial charge on any atom is 0.262 e. The minimum Gasteiger partial charge on any atom is -0.482 e. The van der Waals surface area contributed by atoms with E-state index in [0.717, 1.165) is 43.9 Å². The van der Waals surface area contributed by atoms with Gasteiger partial charge in [0, 0.05) is 0 Å². The molecule has 98 valence electrons. The Morgan fingerprint density at radius 1 is 1.39 bits per heavy atom. The summed E-state index contributed by atoms with van der Waals surface area (Å²) in [6, 6.07) is 5.90. The van der Waals surface area contributed by atoms with Crippen LogP contribution < -0.4 is 21.1 Å². The van der Waals surface area contributed by atoms with Gasteiger partial charge >= 0.3 is 0 Å². The van der Waals surface area contributed by atoms with E-state index < -0.39 is 0 Å². The highest BCUT2D eigenvalue weighted by Gasteiger charge is 2.15. The van der Waals surface area contributed by atoms with Crippen molar-refractivity contribution in [3.8, 4) is 5.75 Å². The fourth-order valence-electron chi connectivity index (χ4n) is 1.87. The average Bonchev–Trinajstić information content (AvgIpc) is 2.38. The number of fused-ring (bicyclic) bond motifs is 1. The molecule has 5 nitrogen and oxygen atoms in total. The SMILES string of the molecule is NCCCNCCc1ccc2c(c1)NC(=O)CO2. The molecule has 0 aliphatic carbocycles. The van der Waals surface area contributed by atoms with Crippen LogP contribution in [0.1, 0.15) is 12.0 Å². The van der Waals surface area contributed by atoms with Crippen LogP contribution in [-0.4, -0.2) is 32.1 Å². The molecule has 1 aromatic rings. The first-order valence-electron chi connectivity index (χ1n) is 6.26. The lowest BCUT2D eigenvalue weighted by molar-refractivity contribution is -0.118. The number of benzene rings is 1. The van der Waals surface area contributed by atoms with Crippen molar-refractivity contribution in [2.24, 2.45) is 5.73 Å². The first-order valence-corrected chi connectivity index (χ1v) is 6.26. The fraction of sp³-hybridized carbons (Fsp3) is 0.462. The van der Waals surface area contributed by atoms with Gasteiger partial charge in [-0.05, 0) is 50.2 Å². The summed E-state index contributed by atoms with van der Waals surface area (Å²) in [5.41, 5.74) is 7.37. The van der Waals surface area contributed by atoms with E-state index in [9.17, 15) is 4.79 Å². The van der Waals surface area contributed by atoms with Crippen molar-refractivity contribution in [1.82, 2.24) is 5.32 Å². The third-order valence-corrected chi connectivity index (χ3v) is 2.82. The van der Waals surface area contributed by atoms with Crippen LogP contribution in [0.3, 0.4) is 0 Å². The molecule has 0 saturated heterocycles. The molecule has 0 radical (unpaired) electrons. The Balaban J connectivity index is 1.86. The summed E-state index contributed by atoms with van der Waals surface area (Å²) in [6.07, 6.45) is 1.92. The molecule has 1 aromatic carbocycles. The van der Waals surface area contributed by atoms with Crippen LogP contribution in [0.15, 0.2) is 18.2 Å². The molecule has 0 atom stereocenters. The van der Waals surface area contributed by atoms with Gasteiger partial charge in [-0.25, -0.2) is 0 Å². The number of anilines is 1. The smallest absolute Gasteiger partial charge is 0.262 e. The summed E-state index contributed by atoms with van der Waals surface area (Å²) >= 11 is 0. The van der Waals surface area contributed by atoms with E-state index in [1.165, 1.54) is 5.56 Å². The predicted molar refractivity (Wildman–Crippen MR) is 70.8 cm³/mol. The largest absolute Gasteiger partial charge is 0.482 e. The number of nitrogens with one attached hydrogen (secondary N) is 2. The van der Waals surface area contributed by atoms with Gasteiger partial charge < -0.3 is 21.1 Å². The van der Waals surface area contributed by atoms with Crippen molar-refractivity contribution < 1.29 is 9.53 Å².